The van der Waals surface area contributed by atoms with Crippen molar-refractivity contribution in [3.63, 3.8) is 0 Å². The van der Waals surface area contributed by atoms with Crippen molar-refractivity contribution in [2.45, 2.75) is 6.54 Å². The Bertz CT molecular complexity index is 366. The van der Waals surface area contributed by atoms with Crippen LogP contribution in [0.3, 0.4) is 0 Å². The molecule has 0 radical (unpaired) electrons. The van der Waals surface area contributed by atoms with Crippen LogP contribution in [0.4, 0.5) is 4.39 Å². The van der Waals surface area contributed by atoms with E-state index in [1.807, 2.05) is 0 Å². The largest absolute Gasteiger partial charge is 0.207 e. The Labute approximate surface area is 74.8 Å². The third-order valence-corrected chi connectivity index (χ3v) is 1.70. The minimum Gasteiger partial charge on any atom is -0.207 e. The molecule has 0 saturated heterocycles. The van der Waals surface area contributed by atoms with Gasteiger partial charge in [0.05, 0.1) is 18.9 Å². The molecule has 4 heteroatoms. The molecule has 2 rings (SSSR count). The first-order valence-electron chi connectivity index (χ1n) is 3.93. The number of nitrogens with zero attached hydrogens (tertiary/aromatic N) is 3. The van der Waals surface area contributed by atoms with Gasteiger partial charge >= 0.3 is 0 Å². The molecule has 0 atom stereocenters. The van der Waals surface area contributed by atoms with Crippen molar-refractivity contribution in [2.75, 3.05) is 0 Å². The second-order valence-corrected chi connectivity index (χ2v) is 2.69. The highest BCUT2D eigenvalue weighted by molar-refractivity contribution is 5.15. The summed E-state index contributed by atoms with van der Waals surface area (Å²) in [7, 11) is 0. The fourth-order valence-corrected chi connectivity index (χ4v) is 1.08. The molecule has 1 heterocycles. The SMILES string of the molecule is Fc1ccc(Cn2nccn2)cc1. The van der Waals surface area contributed by atoms with Crippen LogP contribution in [0.5, 0.6) is 0 Å². The van der Waals surface area contributed by atoms with Crippen molar-refractivity contribution in [3.8, 4) is 0 Å². The molecule has 0 bridgehead atoms. The maximum absolute atomic E-state index is 12.5. The van der Waals surface area contributed by atoms with Crippen LogP contribution in [0, 0.1) is 5.82 Å². The highest BCUT2D eigenvalue weighted by Crippen LogP contribution is 2.03. The van der Waals surface area contributed by atoms with Crippen molar-refractivity contribution in [3.05, 3.63) is 48.0 Å². The molecule has 0 saturated carbocycles. The summed E-state index contributed by atoms with van der Waals surface area (Å²) in [5.41, 5.74) is 0.984. The third kappa shape index (κ3) is 1.90. The minimum atomic E-state index is -0.225. The summed E-state index contributed by atoms with van der Waals surface area (Å²) in [6.45, 7) is 0.577. The summed E-state index contributed by atoms with van der Waals surface area (Å²) in [6, 6.07) is 6.30. The Balaban J connectivity index is 2.15. The summed E-state index contributed by atoms with van der Waals surface area (Å²) in [6.07, 6.45) is 3.23. The smallest absolute Gasteiger partial charge is 0.123 e. The average Bonchev–Trinajstić information content (AvgIpc) is 2.62. The zero-order chi connectivity index (χ0) is 9.10. The summed E-state index contributed by atoms with van der Waals surface area (Å²) in [4.78, 5) is 1.55. The van der Waals surface area contributed by atoms with Crippen LogP contribution in [-0.2, 0) is 6.54 Å². The second-order valence-electron chi connectivity index (χ2n) is 2.69. The van der Waals surface area contributed by atoms with E-state index >= 15 is 0 Å². The van der Waals surface area contributed by atoms with Crippen molar-refractivity contribution in [1.82, 2.24) is 15.0 Å². The molecular weight excluding hydrogens is 169 g/mol. The summed E-state index contributed by atoms with van der Waals surface area (Å²) >= 11 is 0. The molecule has 0 amide bonds. The van der Waals surface area contributed by atoms with Crippen molar-refractivity contribution in [1.29, 1.82) is 0 Å². The molecule has 0 aliphatic carbocycles. The van der Waals surface area contributed by atoms with Gasteiger partial charge in [0, 0.05) is 0 Å². The summed E-state index contributed by atoms with van der Waals surface area (Å²) < 4.78 is 12.5. The Morgan fingerprint density at radius 2 is 1.69 bits per heavy atom. The number of halogens is 1. The van der Waals surface area contributed by atoms with Gasteiger partial charge in [-0.05, 0) is 17.7 Å². The van der Waals surface area contributed by atoms with E-state index in [1.165, 1.54) is 12.1 Å². The fourth-order valence-electron chi connectivity index (χ4n) is 1.08. The van der Waals surface area contributed by atoms with Crippen LogP contribution in [-0.4, -0.2) is 15.0 Å². The maximum Gasteiger partial charge on any atom is 0.123 e. The first-order chi connectivity index (χ1) is 6.34. The predicted octanol–water partition coefficient (Wildman–Crippen LogP) is 1.47. The lowest BCUT2D eigenvalue weighted by Gasteiger charge is -1.99. The highest BCUT2D eigenvalue weighted by atomic mass is 19.1. The second kappa shape index (κ2) is 3.35. The number of aromatic nitrogens is 3. The van der Waals surface area contributed by atoms with E-state index < -0.39 is 0 Å². The van der Waals surface area contributed by atoms with Gasteiger partial charge in [0.1, 0.15) is 5.82 Å². The van der Waals surface area contributed by atoms with E-state index in [0.717, 1.165) is 5.56 Å². The van der Waals surface area contributed by atoms with Crippen molar-refractivity contribution in [2.24, 2.45) is 0 Å². The molecule has 0 aliphatic rings. The van der Waals surface area contributed by atoms with Crippen LogP contribution in [0.25, 0.3) is 0 Å². The van der Waals surface area contributed by atoms with Crippen molar-refractivity contribution >= 4 is 0 Å². The lowest BCUT2D eigenvalue weighted by atomic mass is 10.2. The fraction of sp³-hybridized carbons (Fsp3) is 0.111. The predicted molar refractivity (Wildman–Crippen MR) is 45.5 cm³/mol. The highest BCUT2D eigenvalue weighted by Gasteiger charge is 1.95. The molecule has 0 aliphatic heterocycles. The monoisotopic (exact) mass is 177 g/mol. The molecule has 0 N–H and O–H groups in total. The minimum absolute atomic E-state index is 0.225. The quantitative estimate of drug-likeness (QED) is 0.695. The van der Waals surface area contributed by atoms with E-state index in [9.17, 15) is 4.39 Å². The zero-order valence-corrected chi connectivity index (χ0v) is 6.89. The van der Waals surface area contributed by atoms with E-state index in [1.54, 1.807) is 29.3 Å². The summed E-state index contributed by atoms with van der Waals surface area (Å²) in [5, 5.41) is 7.89. The van der Waals surface area contributed by atoms with E-state index in [0.29, 0.717) is 6.54 Å². The van der Waals surface area contributed by atoms with Crippen molar-refractivity contribution < 1.29 is 4.39 Å². The van der Waals surface area contributed by atoms with Gasteiger partial charge in [-0.3, -0.25) is 0 Å². The van der Waals surface area contributed by atoms with Crippen LogP contribution in [0.15, 0.2) is 36.7 Å². The number of rotatable bonds is 2. The molecular formula is C9H8FN3. The van der Waals surface area contributed by atoms with Gasteiger partial charge < -0.3 is 0 Å². The average molecular weight is 177 g/mol. The van der Waals surface area contributed by atoms with E-state index in [4.69, 9.17) is 0 Å². The Kier molecular flexibility index (Phi) is 2.04. The van der Waals surface area contributed by atoms with Crippen LogP contribution in [0.2, 0.25) is 0 Å². The molecule has 66 valence electrons. The molecule has 0 unspecified atom stereocenters. The number of hydrogen-bond donors (Lipinski definition) is 0. The standard InChI is InChI=1S/C9H8FN3/c10-9-3-1-8(2-4-9)7-13-11-5-6-12-13/h1-6H,7H2. The molecule has 0 fully saturated rings. The van der Waals surface area contributed by atoms with Gasteiger partial charge in [0.25, 0.3) is 0 Å². The van der Waals surface area contributed by atoms with Crippen LogP contribution >= 0.6 is 0 Å². The van der Waals surface area contributed by atoms with Gasteiger partial charge in [-0.15, -0.1) is 0 Å². The zero-order valence-electron chi connectivity index (χ0n) is 6.89. The maximum atomic E-state index is 12.5. The normalized spacial score (nSPS) is 10.2. The van der Waals surface area contributed by atoms with Gasteiger partial charge in [0.2, 0.25) is 0 Å². The van der Waals surface area contributed by atoms with Crippen LogP contribution < -0.4 is 0 Å². The molecule has 2 aromatic rings. The lowest BCUT2D eigenvalue weighted by molar-refractivity contribution is 0.587. The molecule has 0 spiro atoms. The van der Waals surface area contributed by atoms with E-state index in [-0.39, 0.29) is 5.82 Å². The van der Waals surface area contributed by atoms with Gasteiger partial charge in [-0.2, -0.15) is 15.0 Å². The van der Waals surface area contributed by atoms with Gasteiger partial charge in [0.15, 0.2) is 0 Å². The Morgan fingerprint density at radius 1 is 1.08 bits per heavy atom. The first kappa shape index (κ1) is 7.91. The first-order valence-corrected chi connectivity index (χ1v) is 3.93. The summed E-state index contributed by atoms with van der Waals surface area (Å²) in [5.74, 6) is -0.225. The van der Waals surface area contributed by atoms with E-state index in [2.05, 4.69) is 10.2 Å². The topological polar surface area (TPSA) is 30.7 Å². The number of hydrogen-bond acceptors (Lipinski definition) is 2. The third-order valence-electron chi connectivity index (χ3n) is 1.70. The lowest BCUT2D eigenvalue weighted by Crippen LogP contribution is -2.03. The number of benzene rings is 1. The molecule has 1 aromatic heterocycles. The molecule has 1 aromatic carbocycles. The Morgan fingerprint density at radius 3 is 2.31 bits per heavy atom. The molecule has 13 heavy (non-hydrogen) atoms. The van der Waals surface area contributed by atoms with Crippen LogP contribution in [0.1, 0.15) is 5.56 Å². The van der Waals surface area contributed by atoms with Gasteiger partial charge in [-0.25, -0.2) is 4.39 Å². The Hall–Kier alpha value is -1.71. The molecule has 3 nitrogen and oxygen atoms in total. The van der Waals surface area contributed by atoms with Gasteiger partial charge in [-0.1, -0.05) is 12.1 Å².